The Morgan fingerprint density at radius 1 is 1.90 bits per heavy atom. The molecule has 1 aromatic rings. The first-order valence-electron chi connectivity index (χ1n) is 2.75. The molecule has 0 atom stereocenters. The summed E-state index contributed by atoms with van der Waals surface area (Å²) in [7, 11) is 0. The third-order valence-electron chi connectivity index (χ3n) is 1.01. The molecule has 54 valence electrons. The number of alkyl halides is 1. The zero-order valence-electron chi connectivity index (χ0n) is 5.43. The summed E-state index contributed by atoms with van der Waals surface area (Å²) in [5, 5.41) is 0. The molecule has 0 fully saturated rings. The number of hydrogen-bond acceptors (Lipinski definition) is 3. The number of nitrogens with zero attached hydrogens (tertiary/aromatic N) is 1. The highest BCUT2D eigenvalue weighted by Crippen LogP contribution is 2.04. The van der Waals surface area contributed by atoms with Crippen LogP contribution in [0.2, 0.25) is 0 Å². The van der Waals surface area contributed by atoms with Crippen LogP contribution in [0, 0.1) is 0 Å². The van der Waals surface area contributed by atoms with E-state index in [1.807, 2.05) is 0 Å². The summed E-state index contributed by atoms with van der Waals surface area (Å²) in [6.07, 6.45) is 1.22. The normalized spacial score (nSPS) is 9.80. The molecule has 0 aliphatic carbocycles. The molecule has 10 heavy (non-hydrogen) atoms. The highest BCUT2D eigenvalue weighted by Gasteiger charge is 2.05. The van der Waals surface area contributed by atoms with Gasteiger partial charge in [-0.05, 0) is 0 Å². The number of carbonyl (C=O) groups is 1. The standard InChI is InChI=1S/C6H6FNO2/c1-4(9)5-3-8-6(2-7)10-5/h3H,2H2,1H3. The van der Waals surface area contributed by atoms with Crippen LogP contribution in [0.3, 0.4) is 0 Å². The van der Waals surface area contributed by atoms with Crippen molar-refractivity contribution in [2.24, 2.45) is 0 Å². The number of aromatic nitrogens is 1. The predicted molar refractivity (Wildman–Crippen MR) is 31.3 cm³/mol. The number of hydrogen-bond donors (Lipinski definition) is 0. The molecule has 0 aromatic carbocycles. The van der Waals surface area contributed by atoms with Crippen molar-refractivity contribution in [2.45, 2.75) is 13.6 Å². The molecular formula is C6H6FNO2. The average molecular weight is 143 g/mol. The molecule has 0 spiro atoms. The Kier molecular flexibility index (Phi) is 1.80. The molecule has 0 amide bonds. The zero-order chi connectivity index (χ0) is 7.56. The lowest BCUT2D eigenvalue weighted by Gasteiger charge is -1.82. The van der Waals surface area contributed by atoms with Crippen LogP contribution in [0.4, 0.5) is 4.39 Å². The van der Waals surface area contributed by atoms with Gasteiger partial charge in [0, 0.05) is 6.92 Å². The Balaban J connectivity index is 2.88. The van der Waals surface area contributed by atoms with E-state index in [-0.39, 0.29) is 17.4 Å². The van der Waals surface area contributed by atoms with Gasteiger partial charge in [-0.2, -0.15) is 0 Å². The van der Waals surface area contributed by atoms with Gasteiger partial charge in [-0.1, -0.05) is 0 Å². The summed E-state index contributed by atoms with van der Waals surface area (Å²) in [5.41, 5.74) is 0. The highest BCUT2D eigenvalue weighted by molar-refractivity contribution is 5.90. The molecular weight excluding hydrogens is 137 g/mol. The summed E-state index contributed by atoms with van der Waals surface area (Å²) in [5.74, 6) is -0.190. The molecule has 0 aliphatic heterocycles. The fourth-order valence-electron chi connectivity index (χ4n) is 0.535. The van der Waals surface area contributed by atoms with Crippen LogP contribution in [0.15, 0.2) is 10.6 Å². The molecule has 4 heteroatoms. The van der Waals surface area contributed by atoms with Crippen LogP contribution in [0.1, 0.15) is 23.4 Å². The maximum Gasteiger partial charge on any atom is 0.226 e. The Morgan fingerprint density at radius 3 is 2.90 bits per heavy atom. The molecule has 0 saturated carbocycles. The number of carbonyl (C=O) groups excluding carboxylic acids is 1. The van der Waals surface area contributed by atoms with Gasteiger partial charge in [-0.15, -0.1) is 0 Å². The second-order valence-electron chi connectivity index (χ2n) is 1.81. The molecule has 1 rings (SSSR count). The van der Waals surface area contributed by atoms with E-state index in [2.05, 4.69) is 9.40 Å². The van der Waals surface area contributed by atoms with Crippen molar-refractivity contribution in [1.29, 1.82) is 0 Å². The number of Topliss-reactive ketones (excluding diaryl/α,β-unsaturated/α-hetero) is 1. The molecule has 1 aromatic heterocycles. The van der Waals surface area contributed by atoms with E-state index in [1.54, 1.807) is 0 Å². The zero-order valence-corrected chi connectivity index (χ0v) is 5.43. The molecule has 0 bridgehead atoms. The van der Waals surface area contributed by atoms with Gasteiger partial charge >= 0.3 is 0 Å². The fraction of sp³-hybridized carbons (Fsp3) is 0.333. The lowest BCUT2D eigenvalue weighted by atomic mass is 10.4. The van der Waals surface area contributed by atoms with Crippen LogP contribution in [0.25, 0.3) is 0 Å². The monoisotopic (exact) mass is 143 g/mol. The summed E-state index contributed by atoms with van der Waals surface area (Å²) in [6.45, 7) is 0.565. The van der Waals surface area contributed by atoms with Gasteiger partial charge in [0.1, 0.15) is 0 Å². The minimum Gasteiger partial charge on any atom is -0.435 e. The van der Waals surface area contributed by atoms with Crippen LogP contribution >= 0.6 is 0 Å². The Labute approximate surface area is 56.9 Å². The quantitative estimate of drug-likeness (QED) is 0.587. The molecule has 1 heterocycles. The first kappa shape index (κ1) is 6.92. The van der Waals surface area contributed by atoms with Crippen molar-refractivity contribution in [3.05, 3.63) is 17.8 Å². The fourth-order valence-corrected chi connectivity index (χ4v) is 0.535. The van der Waals surface area contributed by atoms with Gasteiger partial charge in [0.05, 0.1) is 6.20 Å². The molecule has 3 nitrogen and oxygen atoms in total. The number of halogens is 1. The third kappa shape index (κ3) is 1.21. The third-order valence-corrected chi connectivity index (χ3v) is 1.01. The van der Waals surface area contributed by atoms with Crippen molar-refractivity contribution < 1.29 is 13.6 Å². The van der Waals surface area contributed by atoms with E-state index in [4.69, 9.17) is 0 Å². The van der Waals surface area contributed by atoms with Crippen LogP contribution in [0.5, 0.6) is 0 Å². The number of rotatable bonds is 2. The molecule has 0 N–H and O–H groups in total. The van der Waals surface area contributed by atoms with E-state index >= 15 is 0 Å². The minimum atomic E-state index is -0.771. The lowest BCUT2D eigenvalue weighted by molar-refractivity contribution is 0.0984. The SMILES string of the molecule is CC(=O)c1cnc(CF)o1. The topological polar surface area (TPSA) is 43.1 Å². The van der Waals surface area contributed by atoms with Gasteiger partial charge in [-0.25, -0.2) is 9.37 Å². The maximum absolute atomic E-state index is 11.7. The average Bonchev–Trinajstić information content (AvgIpc) is 2.34. The smallest absolute Gasteiger partial charge is 0.226 e. The second-order valence-corrected chi connectivity index (χ2v) is 1.81. The Bertz CT molecular complexity index is 244. The first-order valence-corrected chi connectivity index (χ1v) is 2.75. The van der Waals surface area contributed by atoms with Crippen molar-refractivity contribution in [3.8, 4) is 0 Å². The Morgan fingerprint density at radius 2 is 2.60 bits per heavy atom. The first-order chi connectivity index (χ1) is 4.74. The van der Waals surface area contributed by atoms with E-state index in [9.17, 15) is 9.18 Å². The molecule has 0 aliphatic rings. The van der Waals surface area contributed by atoms with Gasteiger partial charge in [0.25, 0.3) is 0 Å². The van der Waals surface area contributed by atoms with Gasteiger partial charge in [0.15, 0.2) is 18.2 Å². The van der Waals surface area contributed by atoms with Crippen molar-refractivity contribution in [2.75, 3.05) is 0 Å². The van der Waals surface area contributed by atoms with Gasteiger partial charge in [0.2, 0.25) is 5.89 Å². The van der Waals surface area contributed by atoms with Crippen molar-refractivity contribution in [3.63, 3.8) is 0 Å². The van der Waals surface area contributed by atoms with Crippen LogP contribution in [-0.4, -0.2) is 10.8 Å². The lowest BCUT2D eigenvalue weighted by Crippen LogP contribution is -1.86. The minimum absolute atomic E-state index is 0.0507. The Hall–Kier alpha value is -1.19. The summed E-state index contributed by atoms with van der Waals surface area (Å²) >= 11 is 0. The van der Waals surface area contributed by atoms with Crippen molar-refractivity contribution >= 4 is 5.78 Å². The van der Waals surface area contributed by atoms with Crippen molar-refractivity contribution in [1.82, 2.24) is 4.98 Å². The van der Waals surface area contributed by atoms with E-state index in [1.165, 1.54) is 13.1 Å². The van der Waals surface area contributed by atoms with E-state index < -0.39 is 6.67 Å². The second kappa shape index (κ2) is 2.60. The molecule has 0 unspecified atom stereocenters. The van der Waals surface area contributed by atoms with E-state index in [0.29, 0.717) is 0 Å². The summed E-state index contributed by atoms with van der Waals surface area (Å²) in [4.78, 5) is 14.0. The summed E-state index contributed by atoms with van der Waals surface area (Å²) in [6, 6.07) is 0. The number of ketones is 1. The molecule has 0 radical (unpaired) electrons. The largest absolute Gasteiger partial charge is 0.435 e. The highest BCUT2D eigenvalue weighted by atomic mass is 19.1. The van der Waals surface area contributed by atoms with E-state index in [0.717, 1.165) is 0 Å². The molecule has 0 saturated heterocycles. The maximum atomic E-state index is 11.7. The van der Waals surface area contributed by atoms with Gasteiger partial charge < -0.3 is 4.42 Å². The number of oxazole rings is 1. The predicted octanol–water partition coefficient (Wildman–Crippen LogP) is 1.35. The summed E-state index contributed by atoms with van der Waals surface area (Å²) < 4.78 is 16.4. The van der Waals surface area contributed by atoms with Crippen LogP contribution in [-0.2, 0) is 6.67 Å². The van der Waals surface area contributed by atoms with Gasteiger partial charge in [-0.3, -0.25) is 4.79 Å². The van der Waals surface area contributed by atoms with Crippen LogP contribution < -0.4 is 0 Å².